The molecule has 0 unspecified atom stereocenters. The summed E-state index contributed by atoms with van der Waals surface area (Å²) in [5, 5.41) is 15.8. The fourth-order valence-corrected chi connectivity index (χ4v) is 1.64. The summed E-state index contributed by atoms with van der Waals surface area (Å²) < 4.78 is 6.79. The van der Waals surface area contributed by atoms with Gasteiger partial charge < -0.3 is 4.74 Å². The highest BCUT2D eigenvalue weighted by Gasteiger charge is 2.05. The zero-order valence-corrected chi connectivity index (χ0v) is 10.3. The first-order valence-electron chi connectivity index (χ1n) is 4.91. The monoisotopic (exact) mass is 281 g/mol. The van der Waals surface area contributed by atoms with Crippen LogP contribution in [0.1, 0.15) is 0 Å². The van der Waals surface area contributed by atoms with Crippen molar-refractivity contribution in [1.29, 1.82) is 0 Å². The van der Waals surface area contributed by atoms with Gasteiger partial charge in [-0.1, -0.05) is 23.2 Å². The normalized spacial score (nSPS) is 10.8. The predicted molar refractivity (Wildman–Crippen MR) is 65.1 cm³/mol. The topological polar surface area (TPSA) is 65.2 Å². The molecule has 3 aromatic rings. The molecule has 0 saturated heterocycles. The Bertz CT molecular complexity index is 714. The first-order valence-corrected chi connectivity index (χ1v) is 5.66. The van der Waals surface area contributed by atoms with E-state index in [1.807, 2.05) is 0 Å². The molecule has 8 heteroatoms. The van der Waals surface area contributed by atoms with Crippen LogP contribution in [0.4, 0.5) is 0 Å². The van der Waals surface area contributed by atoms with E-state index in [2.05, 4.69) is 20.6 Å². The summed E-state index contributed by atoms with van der Waals surface area (Å²) in [4.78, 5) is 0. The summed E-state index contributed by atoms with van der Waals surface area (Å²) in [6, 6.07) is 8.30. The largest absolute Gasteiger partial charge is 0.437 e. The van der Waals surface area contributed by atoms with E-state index >= 15 is 0 Å². The summed E-state index contributed by atoms with van der Waals surface area (Å²) in [5.74, 6) is 0.887. The number of ether oxygens (including phenoxy) is 1. The highest BCUT2D eigenvalue weighted by atomic mass is 35.5. The van der Waals surface area contributed by atoms with E-state index in [4.69, 9.17) is 27.9 Å². The van der Waals surface area contributed by atoms with Gasteiger partial charge in [-0.05, 0) is 28.6 Å². The van der Waals surface area contributed by atoms with Crippen LogP contribution in [0.5, 0.6) is 11.6 Å². The molecule has 90 valence electrons. The molecule has 0 radical (unpaired) electrons. The second kappa shape index (κ2) is 4.40. The zero-order valence-electron chi connectivity index (χ0n) is 8.79. The molecule has 0 aliphatic heterocycles. The Kier molecular flexibility index (Phi) is 2.73. The van der Waals surface area contributed by atoms with Crippen LogP contribution in [0, 0.1) is 0 Å². The molecule has 0 N–H and O–H groups in total. The lowest BCUT2D eigenvalue weighted by atomic mass is 10.3. The summed E-state index contributed by atoms with van der Waals surface area (Å²) >= 11 is 11.7. The molecular formula is C10H5Cl2N5O. The first kappa shape index (κ1) is 11.2. The second-order valence-corrected chi connectivity index (χ2v) is 4.19. The van der Waals surface area contributed by atoms with Crippen LogP contribution in [0.3, 0.4) is 0 Å². The molecule has 0 fully saturated rings. The minimum absolute atomic E-state index is 0.355. The number of hydrogen-bond donors (Lipinski definition) is 0. The molecule has 3 rings (SSSR count). The third kappa shape index (κ3) is 2.07. The zero-order chi connectivity index (χ0) is 12.5. The van der Waals surface area contributed by atoms with Crippen molar-refractivity contribution >= 4 is 28.8 Å². The van der Waals surface area contributed by atoms with Crippen LogP contribution < -0.4 is 4.74 Å². The smallest absolute Gasteiger partial charge is 0.239 e. The standard InChI is InChI=1S/C10H5Cl2N5O/c11-7-2-1-6(5-8(7)12)18-10-4-3-9-13-15-16-17(9)14-10/h1-5H. The first-order chi connectivity index (χ1) is 8.72. The van der Waals surface area contributed by atoms with Crippen LogP contribution >= 0.6 is 23.2 Å². The number of fused-ring (bicyclic) bond motifs is 1. The van der Waals surface area contributed by atoms with Gasteiger partial charge in [0.1, 0.15) is 5.75 Å². The van der Waals surface area contributed by atoms with Crippen molar-refractivity contribution in [3.05, 3.63) is 40.4 Å². The average molecular weight is 282 g/mol. The minimum Gasteiger partial charge on any atom is -0.437 e. The molecular weight excluding hydrogens is 277 g/mol. The van der Waals surface area contributed by atoms with E-state index < -0.39 is 0 Å². The highest BCUT2D eigenvalue weighted by Crippen LogP contribution is 2.28. The quantitative estimate of drug-likeness (QED) is 0.722. The van der Waals surface area contributed by atoms with Crippen molar-refractivity contribution in [1.82, 2.24) is 25.3 Å². The van der Waals surface area contributed by atoms with Gasteiger partial charge in [0, 0.05) is 12.1 Å². The molecule has 0 spiro atoms. The maximum absolute atomic E-state index is 5.89. The molecule has 0 aliphatic rings. The highest BCUT2D eigenvalue weighted by molar-refractivity contribution is 6.42. The SMILES string of the molecule is Clc1ccc(Oc2ccc3nnnn3n2)cc1Cl. The molecule has 0 saturated carbocycles. The van der Waals surface area contributed by atoms with Crippen molar-refractivity contribution in [2.24, 2.45) is 0 Å². The van der Waals surface area contributed by atoms with E-state index in [9.17, 15) is 0 Å². The maximum atomic E-state index is 5.89. The van der Waals surface area contributed by atoms with Gasteiger partial charge >= 0.3 is 0 Å². The molecule has 0 aliphatic carbocycles. The number of halogens is 2. The van der Waals surface area contributed by atoms with Gasteiger partial charge in [0.25, 0.3) is 0 Å². The van der Waals surface area contributed by atoms with Crippen LogP contribution in [-0.4, -0.2) is 25.3 Å². The van der Waals surface area contributed by atoms with Crippen LogP contribution in [0.2, 0.25) is 10.0 Å². The number of nitrogens with zero attached hydrogens (tertiary/aromatic N) is 5. The fraction of sp³-hybridized carbons (Fsp3) is 0. The molecule has 6 nitrogen and oxygen atoms in total. The van der Waals surface area contributed by atoms with E-state index in [-0.39, 0.29) is 0 Å². The number of tetrazole rings is 1. The predicted octanol–water partition coefficient (Wildman–Crippen LogP) is 2.62. The Morgan fingerprint density at radius 3 is 2.78 bits per heavy atom. The lowest BCUT2D eigenvalue weighted by Crippen LogP contribution is -1.97. The molecule has 18 heavy (non-hydrogen) atoms. The molecule has 2 aromatic heterocycles. The van der Waals surface area contributed by atoms with Gasteiger partial charge in [-0.25, -0.2) is 0 Å². The van der Waals surface area contributed by atoms with Crippen molar-refractivity contribution in [2.45, 2.75) is 0 Å². The Labute approximate surface area is 111 Å². The molecule has 0 bridgehead atoms. The van der Waals surface area contributed by atoms with Gasteiger partial charge in [0.05, 0.1) is 10.0 Å². The Morgan fingerprint density at radius 2 is 1.94 bits per heavy atom. The fourth-order valence-electron chi connectivity index (χ4n) is 1.35. The number of benzene rings is 1. The average Bonchev–Trinajstić information content (AvgIpc) is 2.81. The van der Waals surface area contributed by atoms with E-state index in [0.29, 0.717) is 27.3 Å². The summed E-state index contributed by atoms with van der Waals surface area (Å²) in [7, 11) is 0. The van der Waals surface area contributed by atoms with Gasteiger partial charge in [0.2, 0.25) is 5.88 Å². The molecule has 1 aromatic carbocycles. The van der Waals surface area contributed by atoms with E-state index in [1.165, 1.54) is 4.63 Å². The Balaban J connectivity index is 1.92. The van der Waals surface area contributed by atoms with Crippen molar-refractivity contribution in [3.63, 3.8) is 0 Å². The summed E-state index contributed by atoms with van der Waals surface area (Å²) in [6.45, 7) is 0. The molecule has 2 heterocycles. The number of rotatable bonds is 2. The summed E-state index contributed by atoms with van der Waals surface area (Å²) in [5.41, 5.74) is 0.538. The van der Waals surface area contributed by atoms with Crippen molar-refractivity contribution < 1.29 is 4.74 Å². The molecule has 0 amide bonds. The van der Waals surface area contributed by atoms with Crippen molar-refractivity contribution in [2.75, 3.05) is 0 Å². The lowest BCUT2D eigenvalue weighted by Gasteiger charge is -2.05. The van der Waals surface area contributed by atoms with Gasteiger partial charge in [-0.3, -0.25) is 0 Å². The Morgan fingerprint density at radius 1 is 1.06 bits per heavy atom. The third-order valence-electron chi connectivity index (χ3n) is 2.16. The van der Waals surface area contributed by atoms with E-state index in [0.717, 1.165) is 0 Å². The van der Waals surface area contributed by atoms with Crippen LogP contribution in [0.15, 0.2) is 30.3 Å². The second-order valence-electron chi connectivity index (χ2n) is 3.38. The molecule has 0 atom stereocenters. The maximum Gasteiger partial charge on any atom is 0.239 e. The van der Waals surface area contributed by atoms with E-state index in [1.54, 1.807) is 30.3 Å². The number of aromatic nitrogens is 5. The van der Waals surface area contributed by atoms with Gasteiger partial charge in [-0.2, -0.15) is 0 Å². The third-order valence-corrected chi connectivity index (χ3v) is 2.90. The summed E-state index contributed by atoms with van der Waals surface area (Å²) in [6.07, 6.45) is 0. The number of hydrogen-bond acceptors (Lipinski definition) is 5. The lowest BCUT2D eigenvalue weighted by molar-refractivity contribution is 0.447. The van der Waals surface area contributed by atoms with Crippen molar-refractivity contribution in [3.8, 4) is 11.6 Å². The minimum atomic E-state index is 0.355. The Hall–Kier alpha value is -1.92. The van der Waals surface area contributed by atoms with Gasteiger partial charge in [-0.15, -0.1) is 14.8 Å². The van der Waals surface area contributed by atoms with Crippen LogP contribution in [0.25, 0.3) is 5.65 Å². The van der Waals surface area contributed by atoms with Crippen LogP contribution in [-0.2, 0) is 0 Å². The van der Waals surface area contributed by atoms with Gasteiger partial charge in [0.15, 0.2) is 5.65 Å².